The van der Waals surface area contributed by atoms with Crippen LogP contribution < -0.4 is 11.2 Å². The summed E-state index contributed by atoms with van der Waals surface area (Å²) in [6.45, 7) is -0.0760. The Kier molecular flexibility index (Phi) is 4.95. The van der Waals surface area contributed by atoms with Crippen molar-refractivity contribution in [1.82, 2.24) is 4.57 Å². The Labute approximate surface area is 127 Å². The molecule has 6 nitrogen and oxygen atoms in total. The largest absolute Gasteiger partial charge is 0.503 e. The smallest absolute Gasteiger partial charge is 0.323 e. The molecule has 3 N–H and O–H groups in total. The fourth-order valence-electron chi connectivity index (χ4n) is 2.00. The van der Waals surface area contributed by atoms with E-state index in [-0.39, 0.29) is 12.4 Å². The van der Waals surface area contributed by atoms with Crippen molar-refractivity contribution >= 4 is 5.97 Å². The average Bonchev–Trinajstić information content (AvgIpc) is 2.50. The van der Waals surface area contributed by atoms with E-state index in [9.17, 15) is 14.7 Å². The second kappa shape index (κ2) is 6.91. The Morgan fingerprint density at radius 2 is 2.05 bits per heavy atom. The van der Waals surface area contributed by atoms with Crippen molar-refractivity contribution in [2.75, 3.05) is 0 Å². The van der Waals surface area contributed by atoms with Crippen molar-refractivity contribution in [2.45, 2.75) is 19.1 Å². The van der Waals surface area contributed by atoms with Crippen LogP contribution in [-0.4, -0.2) is 21.7 Å². The number of ether oxygens (including phenoxy) is 1. The molecule has 22 heavy (non-hydrogen) atoms. The standard InChI is InChI=1S/C16H18N2O4/c1-18-9-15(20)14(19)8-12(18)10-22-16(21)13(17)7-11-5-3-2-4-6-11/h2-6,8-9,13,20H,7,10,17H2,1H3/t13-/m0/s1. The monoisotopic (exact) mass is 302 g/mol. The molecule has 0 radical (unpaired) electrons. The summed E-state index contributed by atoms with van der Waals surface area (Å²) in [5, 5.41) is 9.29. The van der Waals surface area contributed by atoms with Crippen LogP contribution in [0.25, 0.3) is 0 Å². The van der Waals surface area contributed by atoms with Crippen LogP contribution in [0.3, 0.4) is 0 Å². The maximum absolute atomic E-state index is 11.9. The van der Waals surface area contributed by atoms with E-state index in [1.807, 2.05) is 30.3 Å². The van der Waals surface area contributed by atoms with Crippen LogP contribution in [0.1, 0.15) is 11.3 Å². The highest BCUT2D eigenvalue weighted by Crippen LogP contribution is 2.07. The first-order valence-electron chi connectivity index (χ1n) is 6.82. The summed E-state index contributed by atoms with van der Waals surface area (Å²) in [7, 11) is 1.65. The third-order valence-corrected chi connectivity index (χ3v) is 3.28. The van der Waals surface area contributed by atoms with Crippen molar-refractivity contribution in [3.8, 4) is 5.75 Å². The molecule has 0 bridgehead atoms. The molecule has 2 rings (SSSR count). The number of hydrogen-bond acceptors (Lipinski definition) is 5. The topological polar surface area (TPSA) is 94.5 Å². The molecule has 1 aromatic heterocycles. The molecule has 2 aromatic rings. The molecule has 0 saturated carbocycles. The van der Waals surface area contributed by atoms with Gasteiger partial charge in [-0.3, -0.25) is 9.59 Å². The zero-order valence-electron chi connectivity index (χ0n) is 12.2. The number of aromatic nitrogens is 1. The molecular formula is C16H18N2O4. The Bertz CT molecular complexity index is 710. The molecule has 6 heteroatoms. The lowest BCUT2D eigenvalue weighted by Crippen LogP contribution is -2.34. The summed E-state index contributed by atoms with van der Waals surface area (Å²) in [6, 6.07) is 9.87. The van der Waals surface area contributed by atoms with E-state index in [1.165, 1.54) is 16.8 Å². The number of nitrogens with two attached hydrogens (primary N) is 1. The minimum absolute atomic E-state index is 0.0760. The van der Waals surface area contributed by atoms with Gasteiger partial charge in [0.05, 0.1) is 5.69 Å². The van der Waals surface area contributed by atoms with Crippen molar-refractivity contribution < 1.29 is 14.6 Å². The second-order valence-corrected chi connectivity index (χ2v) is 5.03. The van der Waals surface area contributed by atoms with Crippen LogP contribution in [-0.2, 0) is 29.6 Å². The molecule has 1 atom stereocenters. The molecule has 0 fully saturated rings. The number of benzene rings is 1. The molecule has 0 saturated heterocycles. The van der Waals surface area contributed by atoms with Crippen molar-refractivity contribution in [3.05, 3.63) is 64.1 Å². The van der Waals surface area contributed by atoms with Gasteiger partial charge in [0, 0.05) is 19.3 Å². The lowest BCUT2D eigenvalue weighted by atomic mass is 10.1. The van der Waals surface area contributed by atoms with E-state index in [0.717, 1.165) is 5.56 Å². The number of hydrogen-bond donors (Lipinski definition) is 2. The Hall–Kier alpha value is -2.60. The maximum atomic E-state index is 11.9. The Balaban J connectivity index is 1.95. The van der Waals surface area contributed by atoms with Crippen LogP contribution in [0, 0.1) is 0 Å². The van der Waals surface area contributed by atoms with Gasteiger partial charge in [0.2, 0.25) is 5.43 Å². The quantitative estimate of drug-likeness (QED) is 0.793. The van der Waals surface area contributed by atoms with E-state index < -0.39 is 17.4 Å². The number of nitrogens with zero attached hydrogens (tertiary/aromatic N) is 1. The van der Waals surface area contributed by atoms with Crippen LogP contribution in [0.4, 0.5) is 0 Å². The predicted molar refractivity (Wildman–Crippen MR) is 81.3 cm³/mol. The molecule has 0 unspecified atom stereocenters. The summed E-state index contributed by atoms with van der Waals surface area (Å²) in [5.41, 5.74) is 6.73. The Morgan fingerprint density at radius 1 is 1.36 bits per heavy atom. The molecule has 0 amide bonds. The number of aryl methyl sites for hydroxylation is 1. The van der Waals surface area contributed by atoms with Crippen LogP contribution in [0.2, 0.25) is 0 Å². The van der Waals surface area contributed by atoms with Gasteiger partial charge in [-0.2, -0.15) is 0 Å². The first kappa shape index (κ1) is 15.8. The van der Waals surface area contributed by atoms with E-state index in [0.29, 0.717) is 12.1 Å². The SMILES string of the molecule is Cn1cc(O)c(=O)cc1COC(=O)[C@@H](N)Cc1ccccc1. The predicted octanol–water partition coefficient (Wildman–Crippen LogP) is 0.704. The zero-order valence-corrected chi connectivity index (χ0v) is 12.2. The summed E-state index contributed by atoms with van der Waals surface area (Å²) < 4.78 is 6.65. The third-order valence-electron chi connectivity index (χ3n) is 3.28. The van der Waals surface area contributed by atoms with Crippen LogP contribution >= 0.6 is 0 Å². The van der Waals surface area contributed by atoms with Gasteiger partial charge in [-0.15, -0.1) is 0 Å². The number of pyridine rings is 1. The molecule has 1 aromatic carbocycles. The fraction of sp³-hybridized carbons (Fsp3) is 0.250. The molecule has 0 aliphatic heterocycles. The minimum Gasteiger partial charge on any atom is -0.503 e. The lowest BCUT2D eigenvalue weighted by Gasteiger charge is -2.13. The van der Waals surface area contributed by atoms with Gasteiger partial charge in [-0.1, -0.05) is 30.3 Å². The summed E-state index contributed by atoms with van der Waals surface area (Å²) in [6.07, 6.45) is 1.66. The number of aromatic hydroxyl groups is 1. The van der Waals surface area contributed by atoms with Gasteiger partial charge in [0.15, 0.2) is 5.75 Å². The highest BCUT2D eigenvalue weighted by atomic mass is 16.5. The van der Waals surface area contributed by atoms with Gasteiger partial charge in [0.1, 0.15) is 12.6 Å². The molecular weight excluding hydrogens is 284 g/mol. The van der Waals surface area contributed by atoms with E-state index in [4.69, 9.17) is 10.5 Å². The average molecular weight is 302 g/mol. The van der Waals surface area contributed by atoms with Crippen LogP contribution in [0.5, 0.6) is 5.75 Å². The van der Waals surface area contributed by atoms with Gasteiger partial charge >= 0.3 is 5.97 Å². The van der Waals surface area contributed by atoms with Gasteiger partial charge in [-0.05, 0) is 12.0 Å². The Morgan fingerprint density at radius 3 is 2.73 bits per heavy atom. The zero-order chi connectivity index (χ0) is 16.1. The molecule has 0 aliphatic carbocycles. The van der Waals surface area contributed by atoms with Gasteiger partial charge in [-0.25, -0.2) is 0 Å². The second-order valence-electron chi connectivity index (χ2n) is 5.03. The van der Waals surface area contributed by atoms with Crippen molar-refractivity contribution in [1.29, 1.82) is 0 Å². The van der Waals surface area contributed by atoms with E-state index >= 15 is 0 Å². The fourth-order valence-corrected chi connectivity index (χ4v) is 2.00. The van der Waals surface area contributed by atoms with E-state index in [2.05, 4.69) is 0 Å². The summed E-state index contributed by atoms with van der Waals surface area (Å²) in [5.74, 6) is -0.886. The summed E-state index contributed by atoms with van der Waals surface area (Å²) in [4.78, 5) is 23.3. The van der Waals surface area contributed by atoms with Crippen molar-refractivity contribution in [2.24, 2.45) is 12.8 Å². The minimum atomic E-state index is -0.767. The first-order valence-corrected chi connectivity index (χ1v) is 6.82. The molecule has 0 aliphatic rings. The molecule has 116 valence electrons. The lowest BCUT2D eigenvalue weighted by molar-refractivity contribution is -0.146. The van der Waals surface area contributed by atoms with Crippen LogP contribution in [0.15, 0.2) is 47.4 Å². The number of rotatable bonds is 5. The number of esters is 1. The first-order chi connectivity index (χ1) is 10.5. The third kappa shape index (κ3) is 3.95. The summed E-state index contributed by atoms with van der Waals surface area (Å²) >= 11 is 0. The van der Waals surface area contributed by atoms with Crippen molar-refractivity contribution in [3.63, 3.8) is 0 Å². The van der Waals surface area contributed by atoms with Gasteiger partial charge < -0.3 is 20.1 Å². The molecule has 0 spiro atoms. The highest BCUT2D eigenvalue weighted by molar-refractivity contribution is 5.75. The normalized spacial score (nSPS) is 11.9. The molecule has 1 heterocycles. The number of carbonyl (C=O) groups is 1. The van der Waals surface area contributed by atoms with Gasteiger partial charge in [0.25, 0.3) is 0 Å². The van der Waals surface area contributed by atoms with E-state index in [1.54, 1.807) is 7.05 Å². The highest BCUT2D eigenvalue weighted by Gasteiger charge is 2.16. The maximum Gasteiger partial charge on any atom is 0.323 e. The number of carbonyl (C=O) groups excluding carboxylic acids is 1.